The van der Waals surface area contributed by atoms with Crippen molar-refractivity contribution < 1.29 is 9.32 Å². The maximum atomic E-state index is 11.5. The van der Waals surface area contributed by atoms with Gasteiger partial charge in [0.1, 0.15) is 0 Å². The monoisotopic (exact) mass is 279 g/mol. The van der Waals surface area contributed by atoms with E-state index >= 15 is 0 Å². The van der Waals surface area contributed by atoms with Crippen LogP contribution in [-0.2, 0) is 0 Å². The molecule has 104 valence electrons. The topological polar surface area (TPSA) is 82.0 Å². The molecule has 2 aromatic carbocycles. The normalized spacial score (nSPS) is 10.5. The molecule has 0 unspecified atom stereocenters. The minimum absolute atomic E-state index is 0.280. The summed E-state index contributed by atoms with van der Waals surface area (Å²) in [5.74, 6) is 0.242. The van der Waals surface area contributed by atoms with Crippen LogP contribution in [0.2, 0.25) is 0 Å². The molecule has 0 aliphatic heterocycles. The third-order valence-electron chi connectivity index (χ3n) is 3.23. The van der Waals surface area contributed by atoms with Gasteiger partial charge in [0.2, 0.25) is 11.7 Å². The van der Waals surface area contributed by atoms with Crippen molar-refractivity contribution in [1.82, 2.24) is 10.1 Å². The number of aryl methyl sites for hydroxylation is 1. The molecule has 0 atom stereocenters. The average Bonchev–Trinajstić information content (AvgIpc) is 2.97. The number of carbonyl (C=O) groups excluding carboxylic acids is 1. The van der Waals surface area contributed by atoms with Crippen LogP contribution in [0.25, 0.3) is 22.8 Å². The molecule has 3 aromatic rings. The summed E-state index contributed by atoms with van der Waals surface area (Å²) in [6, 6.07) is 14.6. The van der Waals surface area contributed by atoms with Crippen molar-refractivity contribution in [2.45, 2.75) is 6.92 Å². The van der Waals surface area contributed by atoms with Gasteiger partial charge < -0.3 is 10.3 Å². The van der Waals surface area contributed by atoms with Crippen molar-refractivity contribution in [1.29, 1.82) is 0 Å². The number of primary amides is 1. The van der Waals surface area contributed by atoms with Crippen LogP contribution in [0.3, 0.4) is 0 Å². The molecule has 0 saturated carbocycles. The van der Waals surface area contributed by atoms with Gasteiger partial charge in [0, 0.05) is 5.56 Å². The van der Waals surface area contributed by atoms with Crippen molar-refractivity contribution in [3.05, 3.63) is 59.7 Å². The highest BCUT2D eigenvalue weighted by Crippen LogP contribution is 2.26. The number of hydrogen-bond donors (Lipinski definition) is 1. The molecule has 0 bridgehead atoms. The first-order valence-electron chi connectivity index (χ1n) is 6.46. The third kappa shape index (κ3) is 2.41. The van der Waals surface area contributed by atoms with E-state index in [9.17, 15) is 4.79 Å². The summed E-state index contributed by atoms with van der Waals surface area (Å²) < 4.78 is 5.28. The third-order valence-corrected chi connectivity index (χ3v) is 3.23. The summed E-state index contributed by atoms with van der Waals surface area (Å²) in [6.07, 6.45) is 0. The van der Waals surface area contributed by atoms with E-state index in [0.717, 1.165) is 11.1 Å². The summed E-state index contributed by atoms with van der Waals surface area (Å²) in [5, 5.41) is 3.99. The van der Waals surface area contributed by atoms with Crippen LogP contribution < -0.4 is 5.73 Å². The van der Waals surface area contributed by atoms with Crippen LogP contribution in [0.1, 0.15) is 15.9 Å². The van der Waals surface area contributed by atoms with Crippen LogP contribution in [-0.4, -0.2) is 16.0 Å². The van der Waals surface area contributed by atoms with Crippen molar-refractivity contribution >= 4 is 5.91 Å². The molecular weight excluding hydrogens is 266 g/mol. The number of nitrogens with two attached hydrogens (primary N) is 1. The molecule has 3 rings (SSSR count). The van der Waals surface area contributed by atoms with Gasteiger partial charge in [0.05, 0.1) is 11.1 Å². The first-order chi connectivity index (χ1) is 10.2. The first-order valence-corrected chi connectivity index (χ1v) is 6.46. The number of rotatable bonds is 3. The van der Waals surface area contributed by atoms with E-state index in [-0.39, 0.29) is 5.89 Å². The summed E-state index contributed by atoms with van der Waals surface area (Å²) >= 11 is 0. The lowest BCUT2D eigenvalue weighted by Crippen LogP contribution is -2.12. The number of amides is 1. The van der Waals surface area contributed by atoms with Gasteiger partial charge in [0.15, 0.2) is 0 Å². The van der Waals surface area contributed by atoms with E-state index < -0.39 is 5.91 Å². The molecular formula is C16H13N3O2. The second-order valence-electron chi connectivity index (χ2n) is 4.65. The fraction of sp³-hybridized carbons (Fsp3) is 0.0625. The number of carbonyl (C=O) groups is 1. The lowest BCUT2D eigenvalue weighted by atomic mass is 10.1. The Morgan fingerprint density at radius 2 is 1.71 bits per heavy atom. The van der Waals surface area contributed by atoms with Gasteiger partial charge >= 0.3 is 0 Å². The highest BCUT2D eigenvalue weighted by atomic mass is 16.5. The second-order valence-corrected chi connectivity index (χ2v) is 4.65. The zero-order valence-electron chi connectivity index (χ0n) is 11.4. The molecule has 0 aliphatic carbocycles. The number of benzene rings is 2. The van der Waals surface area contributed by atoms with E-state index in [0.29, 0.717) is 17.0 Å². The van der Waals surface area contributed by atoms with E-state index in [4.69, 9.17) is 10.3 Å². The molecule has 0 aliphatic rings. The molecule has 21 heavy (non-hydrogen) atoms. The highest BCUT2D eigenvalue weighted by Gasteiger charge is 2.16. The summed E-state index contributed by atoms with van der Waals surface area (Å²) in [5.41, 5.74) is 8.20. The number of aromatic nitrogens is 2. The minimum Gasteiger partial charge on any atom is -0.366 e. The van der Waals surface area contributed by atoms with Gasteiger partial charge in [0.25, 0.3) is 5.89 Å². The van der Waals surface area contributed by atoms with E-state index in [1.165, 1.54) is 0 Å². The standard InChI is InChI=1S/C16H13N3O2/c1-10-6-2-3-7-11(10)15-18-16(21-19-15)13-9-5-4-8-12(13)14(17)20/h2-9H,1H3,(H2,17,20). The lowest BCUT2D eigenvalue weighted by molar-refractivity contribution is 0.100. The summed E-state index contributed by atoms with van der Waals surface area (Å²) in [7, 11) is 0. The Morgan fingerprint density at radius 1 is 1.05 bits per heavy atom. The number of hydrogen-bond acceptors (Lipinski definition) is 4. The molecule has 0 spiro atoms. The van der Waals surface area contributed by atoms with Crippen molar-refractivity contribution in [2.24, 2.45) is 5.73 Å². The molecule has 1 amide bonds. The predicted octanol–water partition coefficient (Wildman–Crippen LogP) is 2.81. The number of nitrogens with zero attached hydrogens (tertiary/aromatic N) is 2. The van der Waals surface area contributed by atoms with Gasteiger partial charge in [-0.2, -0.15) is 4.98 Å². The first kappa shape index (κ1) is 13.1. The molecule has 1 heterocycles. The zero-order chi connectivity index (χ0) is 14.8. The fourth-order valence-corrected chi connectivity index (χ4v) is 2.15. The van der Waals surface area contributed by atoms with Gasteiger partial charge in [-0.15, -0.1) is 0 Å². The average molecular weight is 279 g/mol. The van der Waals surface area contributed by atoms with Gasteiger partial charge in [-0.05, 0) is 24.6 Å². The Morgan fingerprint density at radius 3 is 2.43 bits per heavy atom. The Bertz CT molecular complexity index is 809. The Balaban J connectivity index is 2.08. The van der Waals surface area contributed by atoms with Crippen LogP contribution in [0.15, 0.2) is 53.1 Å². The van der Waals surface area contributed by atoms with Gasteiger partial charge in [-0.1, -0.05) is 41.6 Å². The summed E-state index contributed by atoms with van der Waals surface area (Å²) in [4.78, 5) is 15.8. The molecule has 5 nitrogen and oxygen atoms in total. The molecule has 0 saturated heterocycles. The maximum Gasteiger partial charge on any atom is 0.259 e. The smallest absolute Gasteiger partial charge is 0.259 e. The maximum absolute atomic E-state index is 11.5. The quantitative estimate of drug-likeness (QED) is 0.799. The van der Waals surface area contributed by atoms with Crippen molar-refractivity contribution in [2.75, 3.05) is 0 Å². The molecule has 5 heteroatoms. The lowest BCUT2D eigenvalue weighted by Gasteiger charge is -2.00. The zero-order valence-corrected chi connectivity index (χ0v) is 11.4. The van der Waals surface area contributed by atoms with Crippen LogP contribution >= 0.6 is 0 Å². The van der Waals surface area contributed by atoms with E-state index in [2.05, 4.69) is 10.1 Å². The highest BCUT2D eigenvalue weighted by molar-refractivity contribution is 5.98. The Hall–Kier alpha value is -2.95. The fourth-order valence-electron chi connectivity index (χ4n) is 2.15. The van der Waals surface area contributed by atoms with Crippen LogP contribution in [0.4, 0.5) is 0 Å². The molecule has 0 fully saturated rings. The minimum atomic E-state index is -0.527. The summed E-state index contributed by atoms with van der Waals surface area (Å²) in [6.45, 7) is 1.97. The van der Waals surface area contributed by atoms with E-state index in [1.54, 1.807) is 24.3 Å². The molecule has 2 N–H and O–H groups in total. The predicted molar refractivity (Wildman–Crippen MR) is 78.4 cm³/mol. The Kier molecular flexibility index (Phi) is 3.23. The van der Waals surface area contributed by atoms with Crippen LogP contribution in [0.5, 0.6) is 0 Å². The Labute approximate surface area is 121 Å². The molecule has 0 radical (unpaired) electrons. The van der Waals surface area contributed by atoms with Gasteiger partial charge in [-0.25, -0.2) is 0 Å². The van der Waals surface area contributed by atoms with Crippen LogP contribution in [0, 0.1) is 6.92 Å². The van der Waals surface area contributed by atoms with Crippen molar-refractivity contribution in [3.63, 3.8) is 0 Å². The van der Waals surface area contributed by atoms with E-state index in [1.807, 2.05) is 31.2 Å². The SMILES string of the molecule is Cc1ccccc1-c1noc(-c2ccccc2C(N)=O)n1. The molecule has 1 aromatic heterocycles. The van der Waals surface area contributed by atoms with Gasteiger partial charge in [-0.3, -0.25) is 4.79 Å². The van der Waals surface area contributed by atoms with Crippen molar-refractivity contribution in [3.8, 4) is 22.8 Å². The largest absolute Gasteiger partial charge is 0.366 e. The second kappa shape index (κ2) is 5.20.